The Morgan fingerprint density at radius 2 is 0.676 bits per heavy atom. The number of ether oxygens (including phenoxy) is 6. The van der Waals surface area contributed by atoms with Crippen molar-refractivity contribution in [2.45, 2.75) is 433 Å². The van der Waals surface area contributed by atoms with E-state index in [4.69, 9.17) is 28.4 Å². The largest absolute Gasteiger partial charge is 0.394 e. The number of unbranched alkanes of at least 4 members (excludes halogenated alkanes) is 42. The lowest BCUT2D eigenvalue weighted by Gasteiger charge is -2.48. The molecule has 3 rings (SSSR count). The molecule has 3 aliphatic heterocycles. The van der Waals surface area contributed by atoms with Crippen LogP contribution in [0.3, 0.4) is 0 Å². The van der Waals surface area contributed by atoms with Crippen molar-refractivity contribution in [3.8, 4) is 0 Å². The van der Waals surface area contributed by atoms with Gasteiger partial charge in [0, 0.05) is 6.42 Å². The molecule has 3 saturated heterocycles. The van der Waals surface area contributed by atoms with Crippen molar-refractivity contribution in [2.75, 3.05) is 26.4 Å². The minimum absolute atomic E-state index is 0.241. The first-order chi connectivity index (χ1) is 49.8. The van der Waals surface area contributed by atoms with Gasteiger partial charge in [-0.1, -0.05) is 325 Å². The summed E-state index contributed by atoms with van der Waals surface area (Å²) in [5, 5.41) is 121. The number of carbonyl (C=O) groups is 1. The highest BCUT2D eigenvalue weighted by Crippen LogP contribution is 2.33. The molecule has 0 bridgehead atoms. The van der Waals surface area contributed by atoms with Crippen LogP contribution in [0.25, 0.3) is 0 Å². The summed E-state index contributed by atoms with van der Waals surface area (Å²) in [5.74, 6) is -0.273. The Labute approximate surface area is 617 Å². The van der Waals surface area contributed by atoms with Crippen LogP contribution in [0, 0.1) is 0 Å². The molecule has 102 heavy (non-hydrogen) atoms. The maximum Gasteiger partial charge on any atom is 0.220 e. The predicted molar refractivity (Wildman–Crippen MR) is 406 cm³/mol. The SMILES string of the molecule is CC/C=C\C/C=C\C/C=C\C/C=C\CCCCCCCCCCCCCCCCC(=O)NC(COC1OC(CO)C(OC2OC(CO)C(OC3OC(CO)C(O)C(O)C3O)C(O)C2O)C(O)C1O)C(O)/C=C/CCCCCCCCCCCCCCCCCCCCCCCCCCCCCC. The van der Waals surface area contributed by atoms with Gasteiger partial charge in [-0.15, -0.1) is 0 Å². The van der Waals surface area contributed by atoms with E-state index >= 15 is 0 Å². The first-order valence-corrected chi connectivity index (χ1v) is 41.5. The molecule has 19 nitrogen and oxygen atoms in total. The highest BCUT2D eigenvalue weighted by Gasteiger charge is 2.54. The van der Waals surface area contributed by atoms with Crippen molar-refractivity contribution in [1.82, 2.24) is 5.32 Å². The zero-order valence-corrected chi connectivity index (χ0v) is 63.8. The van der Waals surface area contributed by atoms with Gasteiger partial charge in [0.2, 0.25) is 5.91 Å². The van der Waals surface area contributed by atoms with Crippen LogP contribution in [-0.4, -0.2) is 193 Å². The van der Waals surface area contributed by atoms with Crippen LogP contribution in [0.2, 0.25) is 0 Å². The van der Waals surface area contributed by atoms with Crippen molar-refractivity contribution >= 4 is 5.91 Å². The van der Waals surface area contributed by atoms with Crippen molar-refractivity contribution < 1.29 is 89.4 Å². The molecule has 0 radical (unpaired) electrons. The summed E-state index contributed by atoms with van der Waals surface area (Å²) in [4.78, 5) is 13.5. The standard InChI is InChI=1S/C83H151NO18/c1-3-5-7-9-11-13-15-17-19-21-23-25-27-29-31-32-33-35-36-38-40-42-44-46-48-50-52-54-56-58-60-67(88)66(84-71(89)61-59-57-55-53-51-49-47-45-43-41-39-37-34-30-28-26-24-22-20-18-16-14-12-10-8-6-4-2)65-97-81-77(95)74(92)79(69(63-86)99-81)102-83-78(96)75(93)80(70(64-87)100-83)101-82-76(94)73(91)72(90)68(62-85)98-82/h6,8,12,14,18,20,24,26,58,60,66-70,72-83,85-88,90-96H,3-5,7,9-11,13,15-17,19,21-23,25,27-57,59,61-65H2,1-2H3,(H,84,89)/b8-6-,14-12-,20-18-,26-24-,60-58+. The second-order valence-electron chi connectivity index (χ2n) is 29.6. The zero-order valence-electron chi connectivity index (χ0n) is 63.8. The molecule has 0 aromatic rings. The number of rotatable bonds is 66. The normalized spacial score (nSPS) is 26.5. The van der Waals surface area contributed by atoms with Gasteiger partial charge in [0.25, 0.3) is 0 Å². The lowest BCUT2D eigenvalue weighted by atomic mass is 9.96. The summed E-state index contributed by atoms with van der Waals surface area (Å²) >= 11 is 0. The molecule has 3 aliphatic rings. The van der Waals surface area contributed by atoms with E-state index in [1.54, 1.807) is 6.08 Å². The van der Waals surface area contributed by atoms with Crippen molar-refractivity contribution in [3.63, 3.8) is 0 Å². The molecule has 17 atom stereocenters. The summed E-state index contributed by atoms with van der Waals surface area (Å²) in [6.07, 6.45) is 54.9. The number of nitrogens with one attached hydrogen (secondary N) is 1. The second kappa shape index (κ2) is 63.4. The topological polar surface area (TPSA) is 307 Å². The monoisotopic (exact) mass is 1450 g/mol. The molecule has 19 heteroatoms. The molecule has 12 N–H and O–H groups in total. The van der Waals surface area contributed by atoms with Crippen LogP contribution < -0.4 is 5.32 Å². The maximum absolute atomic E-state index is 13.5. The van der Waals surface area contributed by atoms with Crippen LogP contribution in [0.1, 0.15) is 328 Å². The number of amides is 1. The van der Waals surface area contributed by atoms with E-state index in [9.17, 15) is 61.0 Å². The quantitative estimate of drug-likeness (QED) is 0.0199. The Morgan fingerprint density at radius 1 is 0.363 bits per heavy atom. The van der Waals surface area contributed by atoms with Gasteiger partial charge < -0.3 is 89.9 Å². The average molecular weight is 1450 g/mol. The first kappa shape index (κ1) is 93.7. The van der Waals surface area contributed by atoms with E-state index in [0.717, 1.165) is 77.0 Å². The first-order valence-electron chi connectivity index (χ1n) is 41.5. The summed E-state index contributed by atoms with van der Waals surface area (Å²) < 4.78 is 34.5. The molecule has 0 aromatic carbocycles. The molecule has 1 amide bonds. The maximum atomic E-state index is 13.5. The lowest BCUT2D eigenvalue weighted by molar-refractivity contribution is -0.379. The number of aliphatic hydroxyl groups excluding tert-OH is 11. The molecule has 596 valence electrons. The Kier molecular flexibility index (Phi) is 58.3. The van der Waals surface area contributed by atoms with Gasteiger partial charge in [-0.3, -0.25) is 4.79 Å². The number of allylic oxidation sites excluding steroid dienone is 9. The van der Waals surface area contributed by atoms with E-state index in [2.05, 4.69) is 67.8 Å². The molecular weight excluding hydrogens is 1300 g/mol. The number of hydrogen-bond donors (Lipinski definition) is 12. The summed E-state index contributed by atoms with van der Waals surface area (Å²) in [6, 6.07) is -0.977. The number of aliphatic hydroxyl groups is 11. The highest BCUT2D eigenvalue weighted by atomic mass is 16.8. The van der Waals surface area contributed by atoms with Crippen LogP contribution in [-0.2, 0) is 33.2 Å². The summed E-state index contributed by atoms with van der Waals surface area (Å²) in [6.45, 7) is 1.67. The van der Waals surface area contributed by atoms with Crippen LogP contribution >= 0.6 is 0 Å². The van der Waals surface area contributed by atoms with Gasteiger partial charge in [-0.2, -0.15) is 0 Å². The lowest BCUT2D eigenvalue weighted by Crippen LogP contribution is -2.66. The molecule has 17 unspecified atom stereocenters. The predicted octanol–water partition coefficient (Wildman–Crippen LogP) is 14.2. The number of carbonyl (C=O) groups excluding carboxylic acids is 1. The van der Waals surface area contributed by atoms with Crippen LogP contribution in [0.15, 0.2) is 60.8 Å². The summed E-state index contributed by atoms with van der Waals surface area (Å²) in [7, 11) is 0. The Bertz CT molecular complexity index is 2080. The Morgan fingerprint density at radius 3 is 1.06 bits per heavy atom. The van der Waals surface area contributed by atoms with E-state index < -0.39 is 124 Å². The van der Waals surface area contributed by atoms with E-state index in [1.807, 2.05) is 6.08 Å². The van der Waals surface area contributed by atoms with Crippen molar-refractivity contribution in [3.05, 3.63) is 60.8 Å². The molecular formula is C83H151NO18. The zero-order chi connectivity index (χ0) is 73.9. The molecule has 0 aromatic heterocycles. The highest BCUT2D eigenvalue weighted by molar-refractivity contribution is 5.76. The van der Waals surface area contributed by atoms with Gasteiger partial charge in [-0.05, 0) is 57.8 Å². The number of hydrogen-bond acceptors (Lipinski definition) is 18. The summed E-state index contributed by atoms with van der Waals surface area (Å²) in [5.41, 5.74) is 0. The molecule has 0 aliphatic carbocycles. The van der Waals surface area contributed by atoms with Gasteiger partial charge in [-0.25, -0.2) is 0 Å². The Balaban J connectivity index is 1.37. The van der Waals surface area contributed by atoms with Gasteiger partial charge in [0.05, 0.1) is 38.6 Å². The van der Waals surface area contributed by atoms with E-state index in [0.29, 0.717) is 6.42 Å². The fourth-order valence-electron chi connectivity index (χ4n) is 14.0. The molecule has 3 fully saturated rings. The van der Waals surface area contributed by atoms with Crippen molar-refractivity contribution in [1.29, 1.82) is 0 Å². The third kappa shape index (κ3) is 42.9. The molecule has 3 heterocycles. The van der Waals surface area contributed by atoms with Crippen LogP contribution in [0.5, 0.6) is 0 Å². The van der Waals surface area contributed by atoms with E-state index in [-0.39, 0.29) is 18.9 Å². The Hall–Kier alpha value is -2.51. The second-order valence-corrected chi connectivity index (χ2v) is 29.6. The average Bonchev–Trinajstić information content (AvgIpc) is 0.782. The molecule has 0 saturated carbocycles. The molecule has 0 spiro atoms. The minimum atomic E-state index is -1.98. The van der Waals surface area contributed by atoms with Crippen molar-refractivity contribution in [2.24, 2.45) is 0 Å². The minimum Gasteiger partial charge on any atom is -0.394 e. The fraction of sp³-hybridized carbons (Fsp3) is 0.867. The van der Waals surface area contributed by atoms with Gasteiger partial charge in [0.1, 0.15) is 73.2 Å². The fourth-order valence-corrected chi connectivity index (χ4v) is 14.0. The van der Waals surface area contributed by atoms with Gasteiger partial charge in [0.15, 0.2) is 18.9 Å². The van der Waals surface area contributed by atoms with E-state index in [1.165, 1.54) is 225 Å². The van der Waals surface area contributed by atoms with Gasteiger partial charge >= 0.3 is 0 Å². The van der Waals surface area contributed by atoms with Crippen LogP contribution in [0.4, 0.5) is 0 Å². The third-order valence-electron chi connectivity index (χ3n) is 20.6. The third-order valence-corrected chi connectivity index (χ3v) is 20.6. The smallest absolute Gasteiger partial charge is 0.220 e.